The Hall–Kier alpha value is -2.53. The molecule has 4 heterocycles. The lowest BCUT2D eigenvalue weighted by atomic mass is 10.2. The Labute approximate surface area is 170 Å². The Morgan fingerprint density at radius 3 is 2.82 bits per heavy atom. The number of anilines is 2. The van der Waals surface area contributed by atoms with Crippen molar-refractivity contribution in [3.8, 4) is 0 Å². The van der Waals surface area contributed by atoms with Crippen LogP contribution in [0.3, 0.4) is 0 Å². The van der Waals surface area contributed by atoms with E-state index in [1.807, 2.05) is 25.8 Å². The number of nitrogens with zero attached hydrogens (tertiary/aromatic N) is 7. The lowest BCUT2D eigenvalue weighted by Gasteiger charge is -2.35. The summed E-state index contributed by atoms with van der Waals surface area (Å²) in [7, 11) is 1.82. The number of hydrogen-bond acceptors (Lipinski definition) is 7. The minimum Gasteiger partial charge on any atom is -0.372 e. The first kappa shape index (κ1) is 18.8. The molecule has 2 atom stereocenters. The third kappa shape index (κ3) is 3.72. The summed E-state index contributed by atoms with van der Waals surface area (Å²) in [6.45, 7) is 5.33. The second-order valence-corrected chi connectivity index (χ2v) is 7.69. The largest absolute Gasteiger partial charge is 0.372 e. The van der Waals surface area contributed by atoms with Gasteiger partial charge in [-0.3, -0.25) is 9.48 Å². The zero-order valence-electron chi connectivity index (χ0n) is 15.8. The highest BCUT2D eigenvalue weighted by molar-refractivity contribution is 9.10. The van der Waals surface area contributed by atoms with Crippen LogP contribution in [0.4, 0.5) is 11.5 Å². The van der Waals surface area contributed by atoms with Gasteiger partial charge in [0.05, 0.1) is 29.5 Å². The first-order valence-corrected chi connectivity index (χ1v) is 9.76. The number of rotatable bonds is 4. The molecule has 148 valence electrons. The second-order valence-electron chi connectivity index (χ2n) is 6.94. The number of halogens is 1. The van der Waals surface area contributed by atoms with Gasteiger partial charge in [-0.1, -0.05) is 0 Å². The van der Waals surface area contributed by atoms with E-state index in [9.17, 15) is 4.79 Å². The number of carbonyl (C=O) groups excluding carboxylic acids is 1. The first-order chi connectivity index (χ1) is 13.4. The standard InChI is InChI=1S/C17H21BrN8O2/c1-10-5-25(6-11(2)28-10)13(27)8-26-7-12(4-21-26)22-16-14-15(18)23-24(3)17(14)20-9-19-16/h4,7,9-11H,5-6,8H2,1-3H3,(H,19,20,22). The molecule has 3 aromatic rings. The molecule has 1 amide bonds. The van der Waals surface area contributed by atoms with Crippen LogP contribution in [0.2, 0.25) is 0 Å². The third-order valence-electron chi connectivity index (χ3n) is 4.54. The predicted octanol–water partition coefficient (Wildman–Crippen LogP) is 1.70. The van der Waals surface area contributed by atoms with E-state index in [0.717, 1.165) is 11.1 Å². The fourth-order valence-corrected chi connectivity index (χ4v) is 4.01. The normalized spacial score (nSPS) is 19.9. The van der Waals surface area contributed by atoms with Crippen LogP contribution in [0.15, 0.2) is 23.3 Å². The molecule has 0 aromatic carbocycles. The minimum atomic E-state index is 0.0241. The van der Waals surface area contributed by atoms with Crippen LogP contribution in [0.25, 0.3) is 11.0 Å². The third-order valence-corrected chi connectivity index (χ3v) is 5.10. The quantitative estimate of drug-likeness (QED) is 0.647. The molecular weight excluding hydrogens is 428 g/mol. The number of aromatic nitrogens is 6. The molecule has 1 N–H and O–H groups in total. The zero-order valence-corrected chi connectivity index (χ0v) is 17.4. The van der Waals surface area contributed by atoms with Crippen molar-refractivity contribution in [1.29, 1.82) is 0 Å². The van der Waals surface area contributed by atoms with Gasteiger partial charge < -0.3 is 15.0 Å². The molecule has 11 heteroatoms. The van der Waals surface area contributed by atoms with E-state index in [2.05, 4.69) is 41.4 Å². The summed E-state index contributed by atoms with van der Waals surface area (Å²) in [5, 5.41) is 12.6. The van der Waals surface area contributed by atoms with Crippen molar-refractivity contribution >= 4 is 44.4 Å². The van der Waals surface area contributed by atoms with Gasteiger partial charge in [0.15, 0.2) is 5.65 Å². The van der Waals surface area contributed by atoms with E-state index in [0.29, 0.717) is 29.2 Å². The average Bonchev–Trinajstić information content (AvgIpc) is 3.19. The molecule has 3 aromatic heterocycles. The topological polar surface area (TPSA) is 103 Å². The van der Waals surface area contributed by atoms with E-state index < -0.39 is 0 Å². The Morgan fingerprint density at radius 2 is 2.07 bits per heavy atom. The van der Waals surface area contributed by atoms with Crippen LogP contribution in [0, 0.1) is 0 Å². The van der Waals surface area contributed by atoms with Gasteiger partial charge in [-0.25, -0.2) is 14.6 Å². The van der Waals surface area contributed by atoms with Gasteiger partial charge in [-0.05, 0) is 29.8 Å². The molecule has 0 radical (unpaired) electrons. The summed E-state index contributed by atoms with van der Waals surface area (Å²) in [5.41, 5.74) is 1.44. The van der Waals surface area contributed by atoms with Crippen molar-refractivity contribution in [3.63, 3.8) is 0 Å². The number of hydrogen-bond donors (Lipinski definition) is 1. The lowest BCUT2D eigenvalue weighted by Crippen LogP contribution is -2.49. The lowest BCUT2D eigenvalue weighted by molar-refractivity contribution is -0.144. The van der Waals surface area contributed by atoms with Crippen LogP contribution < -0.4 is 5.32 Å². The maximum atomic E-state index is 12.6. The van der Waals surface area contributed by atoms with Crippen molar-refractivity contribution in [1.82, 2.24) is 34.4 Å². The summed E-state index contributed by atoms with van der Waals surface area (Å²) >= 11 is 3.44. The fraction of sp³-hybridized carbons (Fsp3) is 0.471. The molecule has 0 bridgehead atoms. The van der Waals surface area contributed by atoms with Crippen LogP contribution >= 0.6 is 15.9 Å². The van der Waals surface area contributed by atoms with Gasteiger partial charge in [0.2, 0.25) is 5.91 Å². The van der Waals surface area contributed by atoms with Gasteiger partial charge in [0, 0.05) is 26.3 Å². The maximum Gasteiger partial charge on any atom is 0.244 e. The molecule has 1 saturated heterocycles. The number of morpholine rings is 1. The molecule has 10 nitrogen and oxygen atoms in total. The first-order valence-electron chi connectivity index (χ1n) is 8.96. The van der Waals surface area contributed by atoms with Gasteiger partial charge in [0.1, 0.15) is 23.3 Å². The maximum absolute atomic E-state index is 12.6. The van der Waals surface area contributed by atoms with E-state index >= 15 is 0 Å². The number of amides is 1. The average molecular weight is 449 g/mol. The number of nitrogens with one attached hydrogen (secondary N) is 1. The van der Waals surface area contributed by atoms with Crippen molar-refractivity contribution in [2.24, 2.45) is 7.05 Å². The van der Waals surface area contributed by atoms with Crippen molar-refractivity contribution < 1.29 is 9.53 Å². The van der Waals surface area contributed by atoms with Gasteiger partial charge >= 0.3 is 0 Å². The van der Waals surface area contributed by atoms with Gasteiger partial charge in [-0.15, -0.1) is 0 Å². The van der Waals surface area contributed by atoms with E-state index in [1.54, 1.807) is 21.8 Å². The molecule has 28 heavy (non-hydrogen) atoms. The molecule has 4 rings (SSSR count). The number of fused-ring (bicyclic) bond motifs is 1. The van der Waals surface area contributed by atoms with E-state index in [1.165, 1.54) is 6.33 Å². The minimum absolute atomic E-state index is 0.0241. The number of aryl methyl sites for hydroxylation is 1. The molecule has 0 saturated carbocycles. The number of ether oxygens (including phenoxy) is 1. The molecular formula is C17H21BrN8O2. The number of carbonyl (C=O) groups is 1. The van der Waals surface area contributed by atoms with Crippen molar-refractivity contribution in [2.45, 2.75) is 32.6 Å². The zero-order chi connectivity index (χ0) is 19.8. The van der Waals surface area contributed by atoms with Crippen molar-refractivity contribution in [3.05, 3.63) is 23.3 Å². The predicted molar refractivity (Wildman–Crippen MR) is 106 cm³/mol. The molecule has 1 aliphatic heterocycles. The molecule has 2 unspecified atom stereocenters. The summed E-state index contributed by atoms with van der Waals surface area (Å²) in [5.74, 6) is 0.641. The molecule has 1 fully saturated rings. The van der Waals surface area contributed by atoms with Crippen LogP contribution in [0.5, 0.6) is 0 Å². The van der Waals surface area contributed by atoms with Gasteiger partial charge in [0.25, 0.3) is 0 Å². The molecule has 0 aliphatic carbocycles. The Kier molecular flexibility index (Phi) is 5.02. The van der Waals surface area contributed by atoms with Crippen LogP contribution in [-0.2, 0) is 23.1 Å². The second kappa shape index (κ2) is 7.47. The Balaban J connectivity index is 1.47. The van der Waals surface area contributed by atoms with Gasteiger partial charge in [-0.2, -0.15) is 10.2 Å². The van der Waals surface area contributed by atoms with Crippen LogP contribution in [0.1, 0.15) is 13.8 Å². The van der Waals surface area contributed by atoms with Crippen LogP contribution in [-0.4, -0.2) is 65.6 Å². The van der Waals surface area contributed by atoms with E-state index in [4.69, 9.17) is 4.74 Å². The highest BCUT2D eigenvalue weighted by atomic mass is 79.9. The monoisotopic (exact) mass is 448 g/mol. The van der Waals surface area contributed by atoms with E-state index in [-0.39, 0.29) is 24.7 Å². The van der Waals surface area contributed by atoms with Crippen molar-refractivity contribution in [2.75, 3.05) is 18.4 Å². The summed E-state index contributed by atoms with van der Waals surface area (Å²) in [6.07, 6.45) is 5.01. The SMILES string of the molecule is CC1CN(C(=O)Cn2cc(Nc3ncnc4c3c(Br)nn4C)cn2)CC(C)O1. The highest BCUT2D eigenvalue weighted by Crippen LogP contribution is 2.28. The molecule has 1 aliphatic rings. The highest BCUT2D eigenvalue weighted by Gasteiger charge is 2.26. The summed E-state index contributed by atoms with van der Waals surface area (Å²) < 4.78 is 9.64. The smallest absolute Gasteiger partial charge is 0.244 e. The summed E-state index contributed by atoms with van der Waals surface area (Å²) in [6, 6.07) is 0. The molecule has 0 spiro atoms. The Bertz CT molecular complexity index is 1010. The Morgan fingerprint density at radius 1 is 1.32 bits per heavy atom. The fourth-order valence-electron chi connectivity index (χ4n) is 3.41. The summed E-state index contributed by atoms with van der Waals surface area (Å²) in [4.78, 5) is 23.0.